The third kappa shape index (κ3) is 5.78. The molecule has 0 heterocycles. The van der Waals surface area contributed by atoms with Crippen molar-refractivity contribution in [2.24, 2.45) is 0 Å². The van der Waals surface area contributed by atoms with E-state index in [1.807, 2.05) is 6.92 Å². The molecule has 0 atom stereocenters. The van der Waals surface area contributed by atoms with Crippen LogP contribution in [0.25, 0.3) is 0 Å². The Labute approximate surface area is 128 Å². The van der Waals surface area contributed by atoms with Crippen molar-refractivity contribution in [2.45, 2.75) is 71.6 Å². The van der Waals surface area contributed by atoms with Crippen LogP contribution in [0.5, 0.6) is 5.75 Å². The largest absolute Gasteiger partial charge is 0.507 e. The molecule has 118 valence electrons. The summed E-state index contributed by atoms with van der Waals surface area (Å²) in [5.74, 6) is -0.310. The highest BCUT2D eigenvalue weighted by molar-refractivity contribution is 5.66. The first-order chi connectivity index (χ1) is 9.71. The standard InChI is InChI=1S/C18H28O3/c1-13-11-15(18(2,3)4)12-14(17(13)21)9-7-5-6-8-10-16(19)20/h11-12,21H,5-10H2,1-4H3,(H,19,20). The number of unbranched alkanes of at least 4 members (excludes halogenated alkanes) is 3. The maximum absolute atomic E-state index is 10.4. The molecule has 2 N–H and O–H groups in total. The highest BCUT2D eigenvalue weighted by Crippen LogP contribution is 2.31. The van der Waals surface area contributed by atoms with Gasteiger partial charge in [-0.05, 0) is 48.3 Å². The molecule has 1 aromatic rings. The molecule has 1 aromatic carbocycles. The van der Waals surface area contributed by atoms with Crippen LogP contribution in [0.1, 0.15) is 69.6 Å². The first kappa shape index (κ1) is 17.5. The second kappa shape index (κ2) is 7.48. The quantitative estimate of drug-likeness (QED) is 0.723. The number of phenols is 1. The molecule has 0 radical (unpaired) electrons. The summed E-state index contributed by atoms with van der Waals surface area (Å²) in [4.78, 5) is 10.4. The first-order valence-corrected chi connectivity index (χ1v) is 7.76. The molecule has 0 aliphatic rings. The fourth-order valence-electron chi connectivity index (χ4n) is 2.42. The summed E-state index contributed by atoms with van der Waals surface area (Å²) in [6, 6.07) is 4.17. The molecular weight excluding hydrogens is 264 g/mol. The van der Waals surface area contributed by atoms with Crippen molar-refractivity contribution < 1.29 is 15.0 Å². The van der Waals surface area contributed by atoms with Crippen LogP contribution in [-0.2, 0) is 16.6 Å². The number of hydrogen-bond acceptors (Lipinski definition) is 2. The molecule has 0 spiro atoms. The number of carboxylic acid groups (broad SMARTS) is 1. The number of aryl methyl sites for hydroxylation is 2. The zero-order valence-corrected chi connectivity index (χ0v) is 13.7. The lowest BCUT2D eigenvalue weighted by atomic mass is 9.84. The van der Waals surface area contributed by atoms with Gasteiger partial charge >= 0.3 is 5.97 Å². The summed E-state index contributed by atoms with van der Waals surface area (Å²) >= 11 is 0. The average molecular weight is 292 g/mol. The van der Waals surface area contributed by atoms with E-state index in [1.165, 1.54) is 5.56 Å². The van der Waals surface area contributed by atoms with Crippen LogP contribution < -0.4 is 0 Å². The van der Waals surface area contributed by atoms with E-state index >= 15 is 0 Å². The molecule has 0 amide bonds. The lowest BCUT2D eigenvalue weighted by molar-refractivity contribution is -0.137. The SMILES string of the molecule is Cc1cc(C(C)(C)C)cc(CCCCCCC(=O)O)c1O. The summed E-state index contributed by atoms with van der Waals surface area (Å²) in [6.45, 7) is 8.47. The fraction of sp³-hybridized carbons (Fsp3) is 0.611. The van der Waals surface area contributed by atoms with Gasteiger partial charge < -0.3 is 10.2 Å². The number of carbonyl (C=O) groups is 1. The summed E-state index contributed by atoms with van der Waals surface area (Å²) < 4.78 is 0. The summed E-state index contributed by atoms with van der Waals surface area (Å²) in [7, 11) is 0. The molecule has 3 nitrogen and oxygen atoms in total. The van der Waals surface area contributed by atoms with Gasteiger partial charge in [0.2, 0.25) is 0 Å². The Morgan fingerprint density at radius 2 is 1.71 bits per heavy atom. The smallest absolute Gasteiger partial charge is 0.303 e. The second-order valence-corrected chi connectivity index (χ2v) is 6.86. The minimum absolute atomic E-state index is 0.0781. The van der Waals surface area contributed by atoms with Crippen molar-refractivity contribution in [3.63, 3.8) is 0 Å². The Hall–Kier alpha value is -1.51. The number of aliphatic carboxylic acids is 1. The lowest BCUT2D eigenvalue weighted by Gasteiger charge is -2.21. The van der Waals surface area contributed by atoms with E-state index in [4.69, 9.17) is 5.11 Å². The van der Waals surface area contributed by atoms with Crippen LogP contribution in [-0.4, -0.2) is 16.2 Å². The third-order valence-corrected chi connectivity index (χ3v) is 3.83. The highest BCUT2D eigenvalue weighted by atomic mass is 16.4. The number of benzene rings is 1. The first-order valence-electron chi connectivity index (χ1n) is 7.76. The van der Waals surface area contributed by atoms with Gasteiger partial charge in [0, 0.05) is 6.42 Å². The predicted octanol–water partition coefficient (Wildman–Crippen LogP) is 4.58. The Bertz CT molecular complexity index is 484. The van der Waals surface area contributed by atoms with E-state index in [-0.39, 0.29) is 11.8 Å². The Balaban J connectivity index is 2.58. The van der Waals surface area contributed by atoms with Crippen LogP contribution in [0.15, 0.2) is 12.1 Å². The molecule has 0 aliphatic carbocycles. The van der Waals surface area contributed by atoms with Crippen LogP contribution in [0, 0.1) is 6.92 Å². The van der Waals surface area contributed by atoms with Gasteiger partial charge in [-0.15, -0.1) is 0 Å². The van der Waals surface area contributed by atoms with Crippen molar-refractivity contribution >= 4 is 5.97 Å². The molecule has 0 bridgehead atoms. The van der Waals surface area contributed by atoms with Gasteiger partial charge in [0.25, 0.3) is 0 Å². The van der Waals surface area contributed by atoms with Crippen molar-refractivity contribution in [1.29, 1.82) is 0 Å². The third-order valence-electron chi connectivity index (χ3n) is 3.83. The lowest BCUT2D eigenvalue weighted by Crippen LogP contribution is -2.12. The predicted molar refractivity (Wildman–Crippen MR) is 86.0 cm³/mol. The van der Waals surface area contributed by atoms with Crippen molar-refractivity contribution in [3.05, 3.63) is 28.8 Å². The van der Waals surface area contributed by atoms with E-state index in [9.17, 15) is 9.90 Å². The van der Waals surface area contributed by atoms with Crippen LogP contribution >= 0.6 is 0 Å². The molecule has 0 aliphatic heterocycles. The Morgan fingerprint density at radius 1 is 1.10 bits per heavy atom. The van der Waals surface area contributed by atoms with E-state index in [1.54, 1.807) is 0 Å². The van der Waals surface area contributed by atoms with Gasteiger partial charge in [-0.3, -0.25) is 4.79 Å². The number of aromatic hydroxyl groups is 1. The highest BCUT2D eigenvalue weighted by Gasteiger charge is 2.17. The maximum atomic E-state index is 10.4. The molecule has 3 heteroatoms. The molecular formula is C18H28O3. The van der Waals surface area contributed by atoms with Crippen LogP contribution in [0.3, 0.4) is 0 Å². The van der Waals surface area contributed by atoms with E-state index in [0.29, 0.717) is 5.75 Å². The maximum Gasteiger partial charge on any atom is 0.303 e. The van der Waals surface area contributed by atoms with E-state index in [0.717, 1.165) is 43.2 Å². The van der Waals surface area contributed by atoms with Gasteiger partial charge in [-0.2, -0.15) is 0 Å². The monoisotopic (exact) mass is 292 g/mol. The van der Waals surface area contributed by atoms with Gasteiger partial charge in [0.15, 0.2) is 0 Å². The number of phenolic OH excluding ortho intramolecular Hbond substituents is 1. The zero-order valence-electron chi connectivity index (χ0n) is 13.7. The molecule has 0 saturated carbocycles. The van der Waals surface area contributed by atoms with Gasteiger partial charge in [0.1, 0.15) is 5.75 Å². The molecule has 0 fully saturated rings. The average Bonchev–Trinajstić information content (AvgIpc) is 2.36. The second-order valence-electron chi connectivity index (χ2n) is 6.86. The Kier molecular flexibility index (Phi) is 6.25. The van der Waals surface area contributed by atoms with Crippen LogP contribution in [0.2, 0.25) is 0 Å². The summed E-state index contributed by atoms with van der Waals surface area (Å²) in [5.41, 5.74) is 3.27. The fourth-order valence-corrected chi connectivity index (χ4v) is 2.42. The molecule has 0 saturated heterocycles. The Morgan fingerprint density at radius 3 is 2.29 bits per heavy atom. The topological polar surface area (TPSA) is 57.5 Å². The van der Waals surface area contributed by atoms with Crippen LogP contribution in [0.4, 0.5) is 0 Å². The molecule has 1 rings (SSSR count). The number of hydrogen-bond donors (Lipinski definition) is 2. The van der Waals surface area contributed by atoms with E-state index < -0.39 is 5.97 Å². The summed E-state index contributed by atoms with van der Waals surface area (Å²) in [6.07, 6.45) is 4.77. The molecule has 21 heavy (non-hydrogen) atoms. The summed E-state index contributed by atoms with van der Waals surface area (Å²) in [5, 5.41) is 18.8. The minimum atomic E-state index is -0.721. The van der Waals surface area contributed by atoms with Crippen molar-refractivity contribution in [3.8, 4) is 5.75 Å². The number of rotatable bonds is 7. The van der Waals surface area contributed by atoms with E-state index in [2.05, 4.69) is 32.9 Å². The van der Waals surface area contributed by atoms with Crippen molar-refractivity contribution in [1.82, 2.24) is 0 Å². The molecule has 0 unspecified atom stereocenters. The zero-order chi connectivity index (χ0) is 16.0. The normalized spacial score (nSPS) is 11.6. The minimum Gasteiger partial charge on any atom is -0.507 e. The van der Waals surface area contributed by atoms with Crippen molar-refractivity contribution in [2.75, 3.05) is 0 Å². The number of carboxylic acids is 1. The van der Waals surface area contributed by atoms with Gasteiger partial charge in [-0.25, -0.2) is 0 Å². The molecule has 0 aromatic heterocycles. The van der Waals surface area contributed by atoms with Gasteiger partial charge in [-0.1, -0.05) is 45.7 Å². The van der Waals surface area contributed by atoms with Gasteiger partial charge in [0.05, 0.1) is 0 Å².